The summed E-state index contributed by atoms with van der Waals surface area (Å²) in [5.74, 6) is 0.533. The van der Waals surface area contributed by atoms with Crippen molar-refractivity contribution >= 4 is 38.5 Å². The van der Waals surface area contributed by atoms with Crippen molar-refractivity contribution in [2.75, 3.05) is 12.4 Å². The predicted octanol–water partition coefficient (Wildman–Crippen LogP) is 2.84. The fraction of sp³-hybridized carbons (Fsp3) is 0.154. The normalized spacial score (nSPS) is 10.9. The molecule has 2 N–H and O–H groups in total. The molecule has 0 amide bonds. The first-order valence-electron chi connectivity index (χ1n) is 6.04. The van der Waals surface area contributed by atoms with Gasteiger partial charge in [0.1, 0.15) is 0 Å². The largest absolute Gasteiger partial charge is 0.406 e. The van der Waals surface area contributed by atoms with Gasteiger partial charge in [-0.25, -0.2) is 0 Å². The molecule has 3 aromatic rings. The van der Waals surface area contributed by atoms with Gasteiger partial charge < -0.3 is 15.1 Å². The Morgan fingerprint density at radius 3 is 3.05 bits per heavy atom. The maximum Gasteiger partial charge on any atom is 0.320 e. The Morgan fingerprint density at radius 1 is 1.30 bits per heavy atom. The average Bonchev–Trinajstić information content (AvgIpc) is 2.86. The Labute approximate surface area is 123 Å². The fourth-order valence-electron chi connectivity index (χ4n) is 1.88. The van der Waals surface area contributed by atoms with Crippen LogP contribution in [-0.2, 0) is 6.54 Å². The SMILES string of the molecule is CNCc1nnc(Nc2cccc3cc(Br)cnc23)o1. The Hall–Kier alpha value is -1.99. The molecule has 0 atom stereocenters. The van der Waals surface area contributed by atoms with Crippen LogP contribution >= 0.6 is 15.9 Å². The molecule has 3 rings (SSSR count). The summed E-state index contributed by atoms with van der Waals surface area (Å²) in [4.78, 5) is 4.41. The van der Waals surface area contributed by atoms with Gasteiger partial charge in [0.15, 0.2) is 0 Å². The van der Waals surface area contributed by atoms with Crippen molar-refractivity contribution in [2.45, 2.75) is 6.54 Å². The van der Waals surface area contributed by atoms with Gasteiger partial charge in [-0.05, 0) is 35.1 Å². The Balaban J connectivity index is 1.93. The van der Waals surface area contributed by atoms with Gasteiger partial charge in [0.2, 0.25) is 5.89 Å². The predicted molar refractivity (Wildman–Crippen MR) is 79.8 cm³/mol. The van der Waals surface area contributed by atoms with E-state index in [0.29, 0.717) is 18.5 Å². The van der Waals surface area contributed by atoms with Gasteiger partial charge in [-0.3, -0.25) is 4.98 Å². The highest BCUT2D eigenvalue weighted by atomic mass is 79.9. The summed E-state index contributed by atoms with van der Waals surface area (Å²) < 4.78 is 6.41. The quantitative estimate of drug-likeness (QED) is 0.764. The molecule has 0 radical (unpaired) electrons. The number of halogens is 1. The second-order valence-electron chi connectivity index (χ2n) is 4.19. The van der Waals surface area contributed by atoms with Gasteiger partial charge in [-0.2, -0.15) is 0 Å². The lowest BCUT2D eigenvalue weighted by atomic mass is 10.2. The lowest BCUT2D eigenvalue weighted by Gasteiger charge is -2.05. The van der Waals surface area contributed by atoms with E-state index < -0.39 is 0 Å². The zero-order chi connectivity index (χ0) is 13.9. The molecule has 20 heavy (non-hydrogen) atoms. The van der Waals surface area contributed by atoms with Crippen molar-refractivity contribution in [1.29, 1.82) is 0 Å². The number of hydrogen-bond acceptors (Lipinski definition) is 6. The summed E-state index contributed by atoms with van der Waals surface area (Å²) >= 11 is 3.41. The maximum atomic E-state index is 5.47. The molecule has 2 aromatic heterocycles. The van der Waals surface area contributed by atoms with Gasteiger partial charge in [-0.1, -0.05) is 17.2 Å². The van der Waals surface area contributed by atoms with E-state index in [1.807, 2.05) is 31.3 Å². The summed E-state index contributed by atoms with van der Waals surface area (Å²) in [5.41, 5.74) is 1.68. The van der Waals surface area contributed by atoms with E-state index in [-0.39, 0.29) is 0 Å². The van der Waals surface area contributed by atoms with Crippen LogP contribution in [0.15, 0.2) is 39.4 Å². The highest BCUT2D eigenvalue weighted by Gasteiger charge is 2.08. The van der Waals surface area contributed by atoms with Crippen LogP contribution in [0, 0.1) is 0 Å². The van der Waals surface area contributed by atoms with Crippen molar-refractivity contribution in [1.82, 2.24) is 20.5 Å². The number of nitrogens with zero attached hydrogens (tertiary/aromatic N) is 3. The minimum atomic E-state index is 0.354. The third kappa shape index (κ3) is 2.63. The van der Waals surface area contributed by atoms with Crippen LogP contribution in [0.4, 0.5) is 11.7 Å². The number of pyridine rings is 1. The average molecular weight is 334 g/mol. The van der Waals surface area contributed by atoms with Crippen LogP contribution in [0.3, 0.4) is 0 Å². The van der Waals surface area contributed by atoms with Crippen molar-refractivity contribution in [3.8, 4) is 0 Å². The van der Waals surface area contributed by atoms with E-state index in [4.69, 9.17) is 4.42 Å². The number of para-hydroxylation sites is 1. The monoisotopic (exact) mass is 333 g/mol. The van der Waals surface area contributed by atoms with E-state index in [1.54, 1.807) is 6.20 Å². The lowest BCUT2D eigenvalue weighted by Crippen LogP contribution is -2.04. The molecule has 0 spiro atoms. The summed E-state index contributed by atoms with van der Waals surface area (Å²) in [7, 11) is 1.82. The topological polar surface area (TPSA) is 75.9 Å². The molecule has 0 aliphatic rings. The second-order valence-corrected chi connectivity index (χ2v) is 5.10. The highest BCUT2D eigenvalue weighted by Crippen LogP contribution is 2.26. The summed E-state index contributed by atoms with van der Waals surface area (Å²) in [6.07, 6.45) is 1.76. The van der Waals surface area contributed by atoms with E-state index in [1.165, 1.54) is 0 Å². The van der Waals surface area contributed by atoms with Crippen molar-refractivity contribution < 1.29 is 4.42 Å². The Morgan fingerprint density at radius 2 is 2.20 bits per heavy atom. The first kappa shape index (κ1) is 13.0. The molecule has 0 unspecified atom stereocenters. The molecule has 0 fully saturated rings. The maximum absolute atomic E-state index is 5.47. The molecule has 102 valence electrons. The summed E-state index contributed by atoms with van der Waals surface area (Å²) in [5, 5.41) is 15.0. The minimum Gasteiger partial charge on any atom is -0.406 e. The number of aromatic nitrogens is 3. The molecule has 6 nitrogen and oxygen atoms in total. The Kier molecular flexibility index (Phi) is 3.62. The van der Waals surface area contributed by atoms with Crippen molar-refractivity contribution in [3.05, 3.63) is 40.8 Å². The molecule has 0 saturated carbocycles. The first-order valence-corrected chi connectivity index (χ1v) is 6.84. The summed E-state index contributed by atoms with van der Waals surface area (Å²) in [6.45, 7) is 0.537. The molecular weight excluding hydrogens is 322 g/mol. The number of hydrogen-bond donors (Lipinski definition) is 2. The van der Waals surface area contributed by atoms with Gasteiger partial charge in [-0.15, -0.1) is 5.10 Å². The van der Waals surface area contributed by atoms with E-state index >= 15 is 0 Å². The number of benzene rings is 1. The molecular formula is C13H12BrN5O. The van der Waals surface area contributed by atoms with Crippen molar-refractivity contribution in [2.24, 2.45) is 0 Å². The zero-order valence-corrected chi connectivity index (χ0v) is 12.3. The fourth-order valence-corrected chi connectivity index (χ4v) is 2.23. The summed E-state index contributed by atoms with van der Waals surface area (Å²) in [6, 6.07) is 8.23. The van der Waals surface area contributed by atoms with Crippen LogP contribution in [0.2, 0.25) is 0 Å². The van der Waals surface area contributed by atoms with Gasteiger partial charge in [0.25, 0.3) is 0 Å². The molecule has 0 aliphatic heterocycles. The first-order chi connectivity index (χ1) is 9.76. The molecule has 7 heteroatoms. The highest BCUT2D eigenvalue weighted by molar-refractivity contribution is 9.10. The number of rotatable bonds is 4. The van der Waals surface area contributed by atoms with Gasteiger partial charge >= 0.3 is 6.01 Å². The second kappa shape index (κ2) is 5.56. The van der Waals surface area contributed by atoms with Crippen LogP contribution in [-0.4, -0.2) is 22.2 Å². The molecule has 2 heterocycles. The van der Waals surface area contributed by atoms with E-state index in [2.05, 4.69) is 41.7 Å². The Bertz CT molecular complexity index is 742. The van der Waals surface area contributed by atoms with Crippen LogP contribution in [0.1, 0.15) is 5.89 Å². The minimum absolute atomic E-state index is 0.354. The number of nitrogens with one attached hydrogen (secondary N) is 2. The van der Waals surface area contributed by atoms with Crippen molar-refractivity contribution in [3.63, 3.8) is 0 Å². The molecule has 0 aliphatic carbocycles. The number of anilines is 2. The lowest BCUT2D eigenvalue weighted by molar-refractivity contribution is 0.493. The smallest absolute Gasteiger partial charge is 0.320 e. The molecule has 0 saturated heterocycles. The number of fused-ring (bicyclic) bond motifs is 1. The van der Waals surface area contributed by atoms with Crippen LogP contribution in [0.25, 0.3) is 10.9 Å². The third-order valence-electron chi connectivity index (χ3n) is 2.71. The van der Waals surface area contributed by atoms with E-state index in [0.717, 1.165) is 21.1 Å². The van der Waals surface area contributed by atoms with Gasteiger partial charge in [0.05, 0.1) is 17.7 Å². The standard InChI is InChI=1S/C13H12BrN5O/c1-15-7-11-18-19-13(20-11)17-10-4-2-3-8-5-9(14)6-16-12(8)10/h2-6,15H,7H2,1H3,(H,17,19). The third-order valence-corrected chi connectivity index (χ3v) is 3.15. The van der Waals surface area contributed by atoms with Crippen LogP contribution < -0.4 is 10.6 Å². The molecule has 0 bridgehead atoms. The molecule has 1 aromatic carbocycles. The zero-order valence-electron chi connectivity index (χ0n) is 10.7. The van der Waals surface area contributed by atoms with Gasteiger partial charge in [0, 0.05) is 16.1 Å². The van der Waals surface area contributed by atoms with Crippen LogP contribution in [0.5, 0.6) is 0 Å². The van der Waals surface area contributed by atoms with E-state index in [9.17, 15) is 0 Å².